The average Bonchev–Trinajstić information content (AvgIpc) is 2.69. The van der Waals surface area contributed by atoms with E-state index in [-0.39, 0.29) is 11.9 Å². The largest absolute Gasteiger partial charge is 0.379 e. The van der Waals surface area contributed by atoms with Gasteiger partial charge in [0.05, 0.1) is 19.3 Å². The number of rotatable bonds is 7. The molecule has 0 spiro atoms. The zero-order valence-electron chi connectivity index (χ0n) is 15.9. The van der Waals surface area contributed by atoms with Crippen LogP contribution < -0.4 is 10.6 Å². The van der Waals surface area contributed by atoms with Gasteiger partial charge in [-0.1, -0.05) is 30.3 Å². The Morgan fingerprint density at radius 2 is 1.96 bits per heavy atom. The Labute approximate surface area is 160 Å². The van der Waals surface area contributed by atoms with Crippen LogP contribution in [0, 0.1) is 6.92 Å². The van der Waals surface area contributed by atoms with Crippen molar-refractivity contribution in [2.24, 2.45) is 0 Å². The molecule has 1 aliphatic heterocycles. The first-order valence-electron chi connectivity index (χ1n) is 9.37. The predicted octanol–water partition coefficient (Wildman–Crippen LogP) is 2.02. The highest BCUT2D eigenvalue weighted by molar-refractivity contribution is 5.92. The Kier molecular flexibility index (Phi) is 6.73. The summed E-state index contributed by atoms with van der Waals surface area (Å²) in [5.41, 5.74) is 2.28. The van der Waals surface area contributed by atoms with Gasteiger partial charge >= 0.3 is 0 Å². The fourth-order valence-corrected chi connectivity index (χ4v) is 3.01. The lowest BCUT2D eigenvalue weighted by molar-refractivity contribution is 0.0383. The van der Waals surface area contributed by atoms with Gasteiger partial charge in [0.1, 0.15) is 5.69 Å². The summed E-state index contributed by atoms with van der Waals surface area (Å²) >= 11 is 0. The van der Waals surface area contributed by atoms with Gasteiger partial charge in [-0.2, -0.15) is 0 Å². The normalized spacial score (nSPS) is 15.9. The van der Waals surface area contributed by atoms with Gasteiger partial charge in [-0.05, 0) is 25.5 Å². The van der Waals surface area contributed by atoms with E-state index in [1.54, 1.807) is 6.07 Å². The number of hydrogen-bond acceptors (Lipinski definition) is 6. The first-order chi connectivity index (χ1) is 13.1. The Bertz CT molecular complexity index is 747. The molecular weight excluding hydrogens is 342 g/mol. The van der Waals surface area contributed by atoms with Gasteiger partial charge in [-0.15, -0.1) is 0 Å². The number of aryl methyl sites for hydroxylation is 1. The third-order valence-electron chi connectivity index (χ3n) is 4.55. The molecule has 27 heavy (non-hydrogen) atoms. The lowest BCUT2D eigenvalue weighted by Crippen LogP contribution is -2.41. The molecule has 1 amide bonds. The summed E-state index contributed by atoms with van der Waals surface area (Å²) in [5.74, 6) is 0.286. The molecule has 1 aliphatic rings. The molecule has 1 fully saturated rings. The van der Waals surface area contributed by atoms with Crippen LogP contribution in [0.2, 0.25) is 0 Å². The van der Waals surface area contributed by atoms with Crippen molar-refractivity contribution in [1.29, 1.82) is 0 Å². The van der Waals surface area contributed by atoms with Crippen molar-refractivity contribution in [2.75, 3.05) is 44.7 Å². The van der Waals surface area contributed by atoms with Gasteiger partial charge in [-0.25, -0.2) is 9.97 Å². The van der Waals surface area contributed by atoms with Crippen LogP contribution in [0.4, 0.5) is 5.95 Å². The number of nitrogens with zero attached hydrogens (tertiary/aromatic N) is 3. The number of amides is 1. The van der Waals surface area contributed by atoms with Crippen molar-refractivity contribution < 1.29 is 9.53 Å². The van der Waals surface area contributed by atoms with E-state index >= 15 is 0 Å². The minimum absolute atomic E-state index is 0.0465. The number of hydrogen-bond donors (Lipinski definition) is 2. The Morgan fingerprint density at radius 3 is 2.70 bits per heavy atom. The summed E-state index contributed by atoms with van der Waals surface area (Å²) in [7, 11) is 0. The molecule has 7 heteroatoms. The Morgan fingerprint density at radius 1 is 1.22 bits per heavy atom. The molecular formula is C20H27N5O2. The van der Waals surface area contributed by atoms with Crippen LogP contribution in [0.5, 0.6) is 0 Å². The molecule has 1 saturated heterocycles. The maximum Gasteiger partial charge on any atom is 0.270 e. The van der Waals surface area contributed by atoms with Crippen LogP contribution in [-0.2, 0) is 4.74 Å². The zero-order valence-corrected chi connectivity index (χ0v) is 15.9. The second-order valence-corrected chi connectivity index (χ2v) is 6.70. The van der Waals surface area contributed by atoms with Crippen LogP contribution in [0.25, 0.3) is 0 Å². The van der Waals surface area contributed by atoms with Gasteiger partial charge in [0, 0.05) is 31.9 Å². The molecule has 1 unspecified atom stereocenters. The third-order valence-corrected chi connectivity index (χ3v) is 4.55. The smallest absolute Gasteiger partial charge is 0.270 e. The van der Waals surface area contributed by atoms with Gasteiger partial charge in [-0.3, -0.25) is 9.69 Å². The quantitative estimate of drug-likeness (QED) is 0.777. The number of carbonyl (C=O) groups excluding carboxylic acids is 1. The van der Waals surface area contributed by atoms with Crippen LogP contribution in [0.15, 0.2) is 36.4 Å². The van der Waals surface area contributed by atoms with Gasteiger partial charge in [0.25, 0.3) is 5.91 Å². The van der Waals surface area contributed by atoms with Crippen LogP contribution in [-0.4, -0.2) is 60.2 Å². The molecule has 2 N–H and O–H groups in total. The number of aromatic nitrogens is 2. The highest BCUT2D eigenvalue weighted by atomic mass is 16.5. The van der Waals surface area contributed by atoms with Crippen molar-refractivity contribution in [3.8, 4) is 0 Å². The van der Waals surface area contributed by atoms with Crippen molar-refractivity contribution in [1.82, 2.24) is 20.2 Å². The van der Waals surface area contributed by atoms with Crippen molar-refractivity contribution in [2.45, 2.75) is 19.9 Å². The molecule has 1 aromatic carbocycles. The van der Waals surface area contributed by atoms with Crippen molar-refractivity contribution >= 4 is 11.9 Å². The van der Waals surface area contributed by atoms with E-state index in [1.165, 1.54) is 0 Å². The second-order valence-electron chi connectivity index (χ2n) is 6.70. The molecule has 0 bridgehead atoms. The molecule has 144 valence electrons. The maximum atomic E-state index is 12.5. The number of nitrogens with one attached hydrogen (secondary N) is 2. The SMILES string of the molecule is Cc1cc(C(=O)NCCN2CCOCC2)nc(NC(C)c2ccccc2)n1. The average molecular weight is 369 g/mol. The van der Waals surface area contributed by atoms with Gasteiger partial charge in [0.2, 0.25) is 5.95 Å². The van der Waals surface area contributed by atoms with E-state index in [2.05, 4.69) is 25.5 Å². The Balaban J connectivity index is 1.57. The van der Waals surface area contributed by atoms with E-state index in [4.69, 9.17) is 4.74 Å². The molecule has 0 saturated carbocycles. The summed E-state index contributed by atoms with van der Waals surface area (Å²) in [6.45, 7) is 8.65. The van der Waals surface area contributed by atoms with E-state index in [0.717, 1.165) is 44.1 Å². The molecule has 3 rings (SSSR count). The van der Waals surface area contributed by atoms with E-state index in [1.807, 2.05) is 44.2 Å². The first kappa shape index (κ1) is 19.3. The highest BCUT2D eigenvalue weighted by Gasteiger charge is 2.14. The molecule has 2 heterocycles. The number of carbonyl (C=O) groups is 1. The zero-order chi connectivity index (χ0) is 19.1. The van der Waals surface area contributed by atoms with E-state index in [9.17, 15) is 4.79 Å². The number of ether oxygens (including phenoxy) is 1. The van der Waals surface area contributed by atoms with Gasteiger partial charge in [0.15, 0.2) is 0 Å². The van der Waals surface area contributed by atoms with E-state index < -0.39 is 0 Å². The molecule has 0 radical (unpaired) electrons. The first-order valence-corrected chi connectivity index (χ1v) is 9.37. The van der Waals surface area contributed by atoms with E-state index in [0.29, 0.717) is 18.2 Å². The van der Waals surface area contributed by atoms with Crippen LogP contribution in [0.3, 0.4) is 0 Å². The van der Waals surface area contributed by atoms with Crippen LogP contribution >= 0.6 is 0 Å². The van der Waals surface area contributed by atoms with Crippen molar-refractivity contribution in [3.63, 3.8) is 0 Å². The van der Waals surface area contributed by atoms with Crippen molar-refractivity contribution in [3.05, 3.63) is 53.3 Å². The summed E-state index contributed by atoms with van der Waals surface area (Å²) in [6, 6.07) is 11.8. The lowest BCUT2D eigenvalue weighted by Gasteiger charge is -2.26. The van der Waals surface area contributed by atoms with Gasteiger partial charge < -0.3 is 15.4 Å². The lowest BCUT2D eigenvalue weighted by atomic mass is 10.1. The minimum Gasteiger partial charge on any atom is -0.379 e. The topological polar surface area (TPSA) is 79.4 Å². The Hall–Kier alpha value is -2.51. The summed E-state index contributed by atoms with van der Waals surface area (Å²) in [6.07, 6.45) is 0. The fraction of sp³-hybridized carbons (Fsp3) is 0.450. The van der Waals surface area contributed by atoms with Crippen LogP contribution in [0.1, 0.15) is 34.7 Å². The number of benzene rings is 1. The monoisotopic (exact) mass is 369 g/mol. The highest BCUT2D eigenvalue weighted by Crippen LogP contribution is 2.17. The second kappa shape index (κ2) is 9.43. The third kappa shape index (κ3) is 5.74. The summed E-state index contributed by atoms with van der Waals surface area (Å²) < 4.78 is 5.33. The molecule has 7 nitrogen and oxygen atoms in total. The summed E-state index contributed by atoms with van der Waals surface area (Å²) in [5, 5.41) is 6.22. The summed E-state index contributed by atoms with van der Waals surface area (Å²) in [4.78, 5) is 23.6. The minimum atomic E-state index is -0.177. The number of anilines is 1. The fourth-order valence-electron chi connectivity index (χ4n) is 3.01. The number of morpholine rings is 1. The molecule has 1 aromatic heterocycles. The molecule has 2 aromatic rings. The predicted molar refractivity (Wildman–Crippen MR) is 105 cm³/mol. The molecule has 0 aliphatic carbocycles. The maximum absolute atomic E-state index is 12.5. The molecule has 1 atom stereocenters. The standard InChI is InChI=1S/C20H27N5O2/c1-15-14-18(19(26)21-8-9-25-10-12-27-13-11-25)24-20(22-15)23-16(2)17-6-4-3-5-7-17/h3-7,14,16H,8-13H2,1-2H3,(H,21,26)(H,22,23,24).